The molecule has 0 amide bonds. The van der Waals surface area contributed by atoms with Crippen molar-refractivity contribution in [1.29, 1.82) is 0 Å². The molecule has 1 fully saturated rings. The molecule has 7 heteroatoms. The Balaban J connectivity index is 2.64. The number of rotatable bonds is 3. The summed E-state index contributed by atoms with van der Waals surface area (Å²) in [6, 6.07) is 2.86. The van der Waals surface area contributed by atoms with E-state index in [9.17, 15) is 18.1 Å². The molecule has 1 saturated carbocycles. The Bertz CT molecular complexity index is 681. The van der Waals surface area contributed by atoms with Gasteiger partial charge in [0.25, 0.3) is 10.1 Å². The van der Waals surface area contributed by atoms with Gasteiger partial charge in [-0.2, -0.15) is 8.42 Å². The van der Waals surface area contributed by atoms with E-state index in [2.05, 4.69) is 0 Å². The van der Waals surface area contributed by atoms with Crippen LogP contribution in [-0.4, -0.2) is 22.4 Å². The molecule has 2 N–H and O–H groups in total. The molecular formula is C14H18Cl2O4S. The lowest BCUT2D eigenvalue weighted by molar-refractivity contribution is 0.433. The van der Waals surface area contributed by atoms with Gasteiger partial charge in [0, 0.05) is 16.9 Å². The first kappa shape index (κ1) is 16.9. The van der Waals surface area contributed by atoms with Crippen LogP contribution in [0, 0.1) is 18.3 Å². The molecule has 1 aliphatic carbocycles. The molecule has 0 heterocycles. The summed E-state index contributed by atoms with van der Waals surface area (Å²) in [6.45, 7) is 7.08. The van der Waals surface area contributed by atoms with Crippen molar-refractivity contribution in [3.8, 4) is 5.75 Å². The van der Waals surface area contributed by atoms with Crippen LogP contribution in [0.15, 0.2) is 17.0 Å². The summed E-state index contributed by atoms with van der Waals surface area (Å²) in [5.74, 6) is -0.846. The van der Waals surface area contributed by atoms with Crippen LogP contribution < -0.4 is 0 Å². The van der Waals surface area contributed by atoms with Crippen LogP contribution in [-0.2, 0) is 10.1 Å². The maximum Gasteiger partial charge on any atom is 0.295 e. The average Bonchev–Trinajstić information content (AvgIpc) is 2.70. The van der Waals surface area contributed by atoms with Gasteiger partial charge in [-0.3, -0.25) is 4.55 Å². The lowest BCUT2D eigenvalue weighted by atomic mass is 9.90. The van der Waals surface area contributed by atoms with Gasteiger partial charge in [-0.05, 0) is 24.5 Å². The van der Waals surface area contributed by atoms with E-state index in [4.69, 9.17) is 23.2 Å². The lowest BCUT2D eigenvalue weighted by Gasteiger charge is -2.19. The summed E-state index contributed by atoms with van der Waals surface area (Å²) in [4.78, 5) is -0.262. The highest BCUT2D eigenvalue weighted by Crippen LogP contribution is 2.73. The second-order valence-electron chi connectivity index (χ2n) is 6.23. The maximum atomic E-state index is 11.7. The van der Waals surface area contributed by atoms with Crippen molar-refractivity contribution in [3.63, 3.8) is 0 Å². The zero-order valence-corrected chi connectivity index (χ0v) is 14.5. The van der Waals surface area contributed by atoms with Crippen LogP contribution in [0.1, 0.15) is 37.8 Å². The molecule has 118 valence electrons. The Morgan fingerprint density at radius 3 is 2.14 bits per heavy atom. The fourth-order valence-corrected chi connectivity index (χ4v) is 5.37. The number of hydrogen-bond acceptors (Lipinski definition) is 3. The minimum absolute atomic E-state index is 0.166. The minimum Gasteiger partial charge on any atom is -0.508 e. The van der Waals surface area contributed by atoms with E-state index in [-0.39, 0.29) is 22.1 Å². The highest BCUT2D eigenvalue weighted by Gasteiger charge is 2.72. The summed E-state index contributed by atoms with van der Waals surface area (Å²) in [5, 5.41) is 10.1. The topological polar surface area (TPSA) is 74.6 Å². The maximum absolute atomic E-state index is 11.7. The molecule has 0 saturated heterocycles. The summed E-state index contributed by atoms with van der Waals surface area (Å²) >= 11 is 12.5. The van der Waals surface area contributed by atoms with E-state index in [1.165, 1.54) is 12.1 Å². The molecule has 4 nitrogen and oxygen atoms in total. The number of hydrogen-bond donors (Lipinski definition) is 2. The molecule has 1 aromatic rings. The Kier molecular flexibility index (Phi) is 3.82. The van der Waals surface area contributed by atoms with Crippen molar-refractivity contribution < 1.29 is 18.1 Å². The Hall–Kier alpha value is -0.490. The largest absolute Gasteiger partial charge is 0.508 e. The molecule has 2 unspecified atom stereocenters. The molecule has 0 bridgehead atoms. The zero-order chi connectivity index (χ0) is 16.4. The van der Waals surface area contributed by atoms with Crippen LogP contribution in [0.5, 0.6) is 5.75 Å². The fraction of sp³-hybridized carbons (Fsp3) is 0.571. The van der Waals surface area contributed by atoms with E-state index >= 15 is 0 Å². The molecule has 2 rings (SSSR count). The van der Waals surface area contributed by atoms with Crippen molar-refractivity contribution in [1.82, 2.24) is 0 Å². The van der Waals surface area contributed by atoms with Gasteiger partial charge in [-0.1, -0.05) is 26.8 Å². The van der Waals surface area contributed by atoms with Crippen molar-refractivity contribution in [3.05, 3.63) is 23.3 Å². The number of phenols is 1. The first-order valence-corrected chi connectivity index (χ1v) is 8.70. The summed E-state index contributed by atoms with van der Waals surface area (Å²) in [5.41, 5.74) is 0.117. The van der Waals surface area contributed by atoms with Gasteiger partial charge in [0.05, 0.1) is 0 Å². The van der Waals surface area contributed by atoms with Crippen LogP contribution in [0.3, 0.4) is 0 Å². The van der Waals surface area contributed by atoms with Crippen molar-refractivity contribution in [2.45, 2.75) is 42.8 Å². The van der Waals surface area contributed by atoms with Gasteiger partial charge in [-0.15, -0.1) is 23.2 Å². The monoisotopic (exact) mass is 352 g/mol. The van der Waals surface area contributed by atoms with Gasteiger partial charge in [0.15, 0.2) is 0 Å². The predicted octanol–water partition coefficient (Wildman–Crippen LogP) is 3.88. The van der Waals surface area contributed by atoms with Crippen LogP contribution in [0.25, 0.3) is 0 Å². The van der Waals surface area contributed by atoms with Gasteiger partial charge in [-0.25, -0.2) is 0 Å². The first-order chi connectivity index (χ1) is 9.33. The van der Waals surface area contributed by atoms with Crippen LogP contribution in [0.2, 0.25) is 0 Å². The van der Waals surface area contributed by atoms with E-state index in [0.29, 0.717) is 5.56 Å². The molecule has 0 spiro atoms. The first-order valence-electron chi connectivity index (χ1n) is 6.51. The van der Waals surface area contributed by atoms with Gasteiger partial charge in [0.1, 0.15) is 15.0 Å². The van der Waals surface area contributed by atoms with Crippen molar-refractivity contribution in [2.75, 3.05) is 0 Å². The Morgan fingerprint density at radius 1 is 1.29 bits per heavy atom. The molecule has 2 atom stereocenters. The molecule has 1 aliphatic rings. The summed E-state index contributed by atoms with van der Waals surface area (Å²) < 4.78 is 31.8. The van der Waals surface area contributed by atoms with Gasteiger partial charge in [0.2, 0.25) is 0 Å². The Morgan fingerprint density at radius 2 is 1.76 bits per heavy atom. The number of benzene rings is 1. The lowest BCUT2D eigenvalue weighted by Crippen LogP contribution is -2.11. The van der Waals surface area contributed by atoms with Gasteiger partial charge < -0.3 is 5.11 Å². The molecule has 0 aromatic heterocycles. The molecule has 0 radical (unpaired) electrons. The normalized spacial score (nSPS) is 24.6. The number of alkyl halides is 2. The molecular weight excluding hydrogens is 335 g/mol. The standard InChI is InChI=1S/C14H18Cl2O4S/c1-7-5-6-9(17)10(11(7)21(18,19)20)8(2)12-13(3,4)14(12,15)16/h5-6,8,12,17H,1-4H3,(H,18,19,20). The highest BCUT2D eigenvalue weighted by molar-refractivity contribution is 7.86. The van der Waals surface area contributed by atoms with E-state index in [1.54, 1.807) is 13.8 Å². The summed E-state index contributed by atoms with van der Waals surface area (Å²) in [6.07, 6.45) is 0. The predicted molar refractivity (Wildman–Crippen MR) is 82.8 cm³/mol. The van der Waals surface area contributed by atoms with E-state index in [0.717, 1.165) is 0 Å². The smallest absolute Gasteiger partial charge is 0.295 e. The second-order valence-corrected chi connectivity index (χ2v) is 8.97. The Labute approximate surface area is 134 Å². The number of aromatic hydroxyl groups is 1. The molecule has 0 aliphatic heterocycles. The highest BCUT2D eigenvalue weighted by atomic mass is 35.5. The quantitative estimate of drug-likeness (QED) is 0.639. The van der Waals surface area contributed by atoms with Crippen molar-refractivity contribution >= 4 is 33.3 Å². The number of halogens is 2. The fourth-order valence-electron chi connectivity index (χ4n) is 3.28. The van der Waals surface area contributed by atoms with E-state index in [1.807, 2.05) is 13.8 Å². The SMILES string of the molecule is Cc1ccc(O)c(C(C)C2C(C)(C)C2(Cl)Cl)c1S(=O)(=O)O. The third-order valence-corrected chi connectivity index (χ3v) is 7.03. The summed E-state index contributed by atoms with van der Waals surface area (Å²) in [7, 11) is -4.46. The van der Waals surface area contributed by atoms with Gasteiger partial charge >= 0.3 is 0 Å². The molecule has 1 aromatic carbocycles. The van der Waals surface area contributed by atoms with Crippen LogP contribution >= 0.6 is 23.2 Å². The number of aryl methyl sites for hydroxylation is 1. The third-order valence-electron chi connectivity index (χ3n) is 4.53. The molecule has 21 heavy (non-hydrogen) atoms. The van der Waals surface area contributed by atoms with Crippen molar-refractivity contribution in [2.24, 2.45) is 11.3 Å². The van der Waals surface area contributed by atoms with E-state index < -0.39 is 25.8 Å². The minimum atomic E-state index is -4.46. The third kappa shape index (κ3) is 2.44. The zero-order valence-electron chi connectivity index (χ0n) is 12.2. The second kappa shape index (κ2) is 4.75. The average molecular weight is 353 g/mol. The van der Waals surface area contributed by atoms with Crippen LogP contribution in [0.4, 0.5) is 0 Å². The number of phenolic OH excluding ortho intramolecular Hbond substituents is 1.